The van der Waals surface area contributed by atoms with E-state index in [4.69, 9.17) is 23.2 Å². The Labute approximate surface area is 110 Å². The van der Waals surface area contributed by atoms with Gasteiger partial charge in [0.25, 0.3) is 0 Å². The fourth-order valence-corrected chi connectivity index (χ4v) is 1.81. The van der Waals surface area contributed by atoms with Crippen LogP contribution in [0.15, 0.2) is 18.2 Å². The van der Waals surface area contributed by atoms with Crippen molar-refractivity contribution in [3.8, 4) is 0 Å². The number of methoxy groups -OCH3 is 1. The van der Waals surface area contributed by atoms with E-state index in [0.29, 0.717) is 5.56 Å². The molecule has 17 heavy (non-hydrogen) atoms. The Balaban J connectivity index is 3.40. The number of Topliss-reactive ketones (excluding diaryl/α,β-unsaturated/α-hetero) is 1. The summed E-state index contributed by atoms with van der Waals surface area (Å²) in [5, 5.41) is -0.720. The smallest absolute Gasteiger partial charge is 0.338 e. The van der Waals surface area contributed by atoms with Crippen LogP contribution in [-0.4, -0.2) is 24.2 Å². The molecule has 0 N–H and O–H groups in total. The van der Waals surface area contributed by atoms with Crippen LogP contribution in [-0.2, 0) is 10.6 Å². The maximum atomic E-state index is 12.0. The Morgan fingerprint density at radius 1 is 1.41 bits per heavy atom. The van der Waals surface area contributed by atoms with Crippen LogP contribution in [0.25, 0.3) is 0 Å². The maximum absolute atomic E-state index is 12.0. The first kappa shape index (κ1) is 14.0. The highest BCUT2D eigenvalue weighted by atomic mass is 35.5. The minimum Gasteiger partial charge on any atom is -0.465 e. The highest BCUT2D eigenvalue weighted by Crippen LogP contribution is 2.21. The molecule has 0 saturated heterocycles. The van der Waals surface area contributed by atoms with Crippen LogP contribution < -0.4 is 0 Å². The molecule has 1 aromatic rings. The fourth-order valence-electron chi connectivity index (χ4n) is 1.48. The minimum atomic E-state index is -0.720. The normalized spacial score (nSPS) is 12.0. The fraction of sp³-hybridized carbons (Fsp3) is 0.333. The number of halogens is 2. The van der Waals surface area contributed by atoms with Gasteiger partial charge in [-0.3, -0.25) is 4.79 Å². The lowest BCUT2D eigenvalue weighted by Gasteiger charge is -2.12. The predicted octanol–water partition coefficient (Wildman–Crippen LogP) is 3.02. The molecule has 1 rings (SSSR count). The molecule has 0 heterocycles. The molecule has 0 saturated carbocycles. The summed E-state index contributed by atoms with van der Waals surface area (Å²) in [6.07, 6.45) is 0. The molecule has 0 aliphatic carbocycles. The van der Waals surface area contributed by atoms with Gasteiger partial charge in [0.05, 0.1) is 18.1 Å². The van der Waals surface area contributed by atoms with Crippen LogP contribution in [0.1, 0.15) is 33.2 Å². The molecular formula is C12H12Cl2O3. The number of alkyl halides is 2. The van der Waals surface area contributed by atoms with Crippen molar-refractivity contribution >= 4 is 35.0 Å². The van der Waals surface area contributed by atoms with Crippen molar-refractivity contribution in [3.63, 3.8) is 0 Å². The van der Waals surface area contributed by atoms with Crippen molar-refractivity contribution in [1.29, 1.82) is 0 Å². The minimum absolute atomic E-state index is 0.134. The first-order chi connectivity index (χ1) is 8.02. The van der Waals surface area contributed by atoms with Crippen molar-refractivity contribution in [2.24, 2.45) is 0 Å². The van der Waals surface area contributed by atoms with E-state index in [1.54, 1.807) is 19.1 Å². The third-order valence-electron chi connectivity index (χ3n) is 2.31. The summed E-state index contributed by atoms with van der Waals surface area (Å²) in [5.41, 5.74) is 1.02. The first-order valence-corrected chi connectivity index (χ1v) is 5.94. The topological polar surface area (TPSA) is 43.4 Å². The number of rotatable bonds is 4. The van der Waals surface area contributed by atoms with Gasteiger partial charge in [0.15, 0.2) is 5.78 Å². The van der Waals surface area contributed by atoms with E-state index in [1.807, 2.05) is 0 Å². The van der Waals surface area contributed by atoms with Gasteiger partial charge in [-0.05, 0) is 18.6 Å². The van der Waals surface area contributed by atoms with Crippen LogP contribution in [0.4, 0.5) is 0 Å². The molecule has 1 aromatic carbocycles. The average molecular weight is 275 g/mol. The van der Waals surface area contributed by atoms with Crippen molar-refractivity contribution in [1.82, 2.24) is 0 Å². The Kier molecular flexibility index (Phi) is 4.97. The van der Waals surface area contributed by atoms with Gasteiger partial charge in [-0.25, -0.2) is 4.79 Å². The van der Waals surface area contributed by atoms with E-state index in [-0.39, 0.29) is 22.8 Å². The van der Waals surface area contributed by atoms with Gasteiger partial charge in [-0.15, -0.1) is 23.2 Å². The van der Waals surface area contributed by atoms with Crippen LogP contribution in [0, 0.1) is 0 Å². The summed E-state index contributed by atoms with van der Waals surface area (Å²) in [7, 11) is 1.26. The van der Waals surface area contributed by atoms with Gasteiger partial charge in [0, 0.05) is 11.4 Å². The zero-order valence-corrected chi connectivity index (χ0v) is 11.0. The van der Waals surface area contributed by atoms with Gasteiger partial charge in [0.1, 0.15) is 0 Å². The third-order valence-corrected chi connectivity index (χ3v) is 2.79. The van der Waals surface area contributed by atoms with Crippen LogP contribution in [0.2, 0.25) is 0 Å². The number of esters is 1. The van der Waals surface area contributed by atoms with E-state index in [2.05, 4.69) is 4.74 Å². The summed E-state index contributed by atoms with van der Waals surface area (Å²) in [6.45, 7) is 1.55. The zero-order valence-electron chi connectivity index (χ0n) is 9.50. The molecule has 0 amide bonds. The standard InChI is InChI=1S/C12H12Cl2O3/c1-7(14)11(15)10-8(6-13)4-3-5-9(10)12(16)17-2/h3-5,7H,6H2,1-2H3. The van der Waals surface area contributed by atoms with Crippen molar-refractivity contribution in [2.75, 3.05) is 7.11 Å². The molecule has 5 heteroatoms. The third kappa shape index (κ3) is 2.99. The maximum Gasteiger partial charge on any atom is 0.338 e. The molecule has 92 valence electrons. The number of hydrogen-bond acceptors (Lipinski definition) is 3. The second-order valence-corrected chi connectivity index (χ2v) is 4.37. The zero-order chi connectivity index (χ0) is 13.0. The van der Waals surface area contributed by atoms with Gasteiger partial charge < -0.3 is 4.74 Å². The first-order valence-electron chi connectivity index (χ1n) is 4.97. The lowest BCUT2D eigenvalue weighted by atomic mass is 9.96. The Bertz CT molecular complexity index is 441. The summed E-state index contributed by atoms with van der Waals surface area (Å²) in [5.74, 6) is -0.767. The lowest BCUT2D eigenvalue weighted by molar-refractivity contribution is 0.0597. The highest BCUT2D eigenvalue weighted by molar-refractivity contribution is 6.34. The Morgan fingerprint density at radius 2 is 2.06 bits per heavy atom. The van der Waals surface area contributed by atoms with Gasteiger partial charge in [-0.2, -0.15) is 0 Å². The van der Waals surface area contributed by atoms with Crippen LogP contribution in [0.5, 0.6) is 0 Å². The highest BCUT2D eigenvalue weighted by Gasteiger charge is 2.23. The number of ketones is 1. The molecule has 1 atom stereocenters. The largest absolute Gasteiger partial charge is 0.465 e. The molecule has 0 spiro atoms. The lowest BCUT2D eigenvalue weighted by Crippen LogP contribution is -2.18. The summed E-state index contributed by atoms with van der Waals surface area (Å²) >= 11 is 11.5. The van der Waals surface area contributed by atoms with Crippen LogP contribution >= 0.6 is 23.2 Å². The molecule has 0 aromatic heterocycles. The number of hydrogen-bond donors (Lipinski definition) is 0. The summed E-state index contributed by atoms with van der Waals surface area (Å²) < 4.78 is 4.63. The summed E-state index contributed by atoms with van der Waals surface area (Å²) in [6, 6.07) is 4.86. The van der Waals surface area contributed by atoms with Crippen molar-refractivity contribution in [3.05, 3.63) is 34.9 Å². The van der Waals surface area contributed by atoms with Crippen molar-refractivity contribution < 1.29 is 14.3 Å². The Morgan fingerprint density at radius 3 is 2.53 bits per heavy atom. The molecule has 1 unspecified atom stereocenters. The molecule has 0 fully saturated rings. The quantitative estimate of drug-likeness (QED) is 0.482. The monoisotopic (exact) mass is 274 g/mol. The van der Waals surface area contributed by atoms with Crippen LogP contribution in [0.3, 0.4) is 0 Å². The Hall–Kier alpha value is -1.06. The SMILES string of the molecule is COC(=O)c1cccc(CCl)c1C(=O)C(C)Cl. The van der Waals surface area contributed by atoms with E-state index in [0.717, 1.165) is 0 Å². The number of carbonyl (C=O) groups excluding carboxylic acids is 2. The summed E-state index contributed by atoms with van der Waals surface area (Å²) in [4.78, 5) is 23.5. The number of ether oxygens (including phenoxy) is 1. The van der Waals surface area contributed by atoms with E-state index in [1.165, 1.54) is 13.2 Å². The second kappa shape index (κ2) is 6.03. The second-order valence-electron chi connectivity index (χ2n) is 3.45. The average Bonchev–Trinajstić information content (AvgIpc) is 2.35. The van der Waals surface area contributed by atoms with Gasteiger partial charge in [0.2, 0.25) is 0 Å². The van der Waals surface area contributed by atoms with E-state index in [9.17, 15) is 9.59 Å². The number of benzene rings is 1. The molecule has 0 bridgehead atoms. The predicted molar refractivity (Wildman–Crippen MR) is 67.0 cm³/mol. The van der Waals surface area contributed by atoms with Gasteiger partial charge >= 0.3 is 5.97 Å². The molecule has 0 radical (unpaired) electrons. The number of carbonyl (C=O) groups is 2. The molecule has 3 nitrogen and oxygen atoms in total. The van der Waals surface area contributed by atoms with Crippen molar-refractivity contribution in [2.45, 2.75) is 18.2 Å². The molecule has 0 aliphatic heterocycles. The molecular weight excluding hydrogens is 263 g/mol. The van der Waals surface area contributed by atoms with E-state index >= 15 is 0 Å². The van der Waals surface area contributed by atoms with E-state index < -0.39 is 11.3 Å². The molecule has 0 aliphatic rings. The van der Waals surface area contributed by atoms with Gasteiger partial charge in [-0.1, -0.05) is 12.1 Å².